The highest BCUT2D eigenvalue weighted by Crippen LogP contribution is 2.41. The fraction of sp³-hybridized carbons (Fsp3) is 0.308. The van der Waals surface area contributed by atoms with E-state index in [4.69, 9.17) is 14.2 Å². The van der Waals surface area contributed by atoms with Crippen LogP contribution in [0.4, 0.5) is 14.5 Å². The smallest absolute Gasteiger partial charge is 0.264 e. The molecular weight excluding hydrogens is 490 g/mol. The van der Waals surface area contributed by atoms with Crippen LogP contribution in [-0.4, -0.2) is 48.9 Å². The Labute approximate surface area is 209 Å². The SMILES string of the molecule is COc1ccc(S(=O)(=O)N(c2c(Cc3c(F)cccc3F)cccc2OC)C2CCNC2)cc1OC. The number of rotatable bonds is 9. The molecule has 0 aromatic heterocycles. The lowest BCUT2D eigenvalue weighted by molar-refractivity contribution is 0.354. The Morgan fingerprint density at radius 2 is 1.58 bits per heavy atom. The first kappa shape index (κ1) is 25.7. The van der Waals surface area contributed by atoms with E-state index in [1.165, 1.54) is 62.0 Å². The highest BCUT2D eigenvalue weighted by molar-refractivity contribution is 7.92. The quantitative estimate of drug-likeness (QED) is 0.459. The van der Waals surface area contributed by atoms with Crippen LogP contribution in [0.3, 0.4) is 0 Å². The molecule has 36 heavy (non-hydrogen) atoms. The van der Waals surface area contributed by atoms with Gasteiger partial charge in [-0.3, -0.25) is 4.31 Å². The van der Waals surface area contributed by atoms with E-state index in [0.717, 1.165) is 0 Å². The maximum Gasteiger partial charge on any atom is 0.264 e. The summed E-state index contributed by atoms with van der Waals surface area (Å²) in [6.45, 7) is 1.02. The van der Waals surface area contributed by atoms with Crippen LogP contribution in [0.1, 0.15) is 17.5 Å². The minimum atomic E-state index is -4.17. The van der Waals surface area contributed by atoms with Crippen molar-refractivity contribution < 1.29 is 31.4 Å². The van der Waals surface area contributed by atoms with Gasteiger partial charge in [0, 0.05) is 24.6 Å². The van der Waals surface area contributed by atoms with Gasteiger partial charge in [0.1, 0.15) is 17.4 Å². The molecule has 3 aromatic carbocycles. The molecule has 0 amide bonds. The molecule has 1 N–H and O–H groups in total. The molecule has 1 heterocycles. The first-order valence-electron chi connectivity index (χ1n) is 11.4. The third-order valence-electron chi connectivity index (χ3n) is 6.23. The van der Waals surface area contributed by atoms with Crippen LogP contribution in [0.5, 0.6) is 17.2 Å². The first-order chi connectivity index (χ1) is 17.3. The summed E-state index contributed by atoms with van der Waals surface area (Å²) in [6, 6.07) is 12.5. The topological polar surface area (TPSA) is 77.1 Å². The predicted molar refractivity (Wildman–Crippen MR) is 133 cm³/mol. The number of anilines is 1. The maximum atomic E-state index is 14.6. The Bertz CT molecular complexity index is 1320. The Morgan fingerprint density at radius 1 is 0.917 bits per heavy atom. The number of hydrogen-bond acceptors (Lipinski definition) is 6. The second kappa shape index (κ2) is 10.7. The summed E-state index contributed by atoms with van der Waals surface area (Å²) in [5.74, 6) is -0.489. The van der Waals surface area contributed by atoms with Crippen molar-refractivity contribution in [3.05, 3.63) is 77.4 Å². The average molecular weight is 519 g/mol. The van der Waals surface area contributed by atoms with Crippen molar-refractivity contribution in [1.29, 1.82) is 0 Å². The molecule has 1 aliphatic heterocycles. The molecule has 10 heteroatoms. The van der Waals surface area contributed by atoms with Crippen LogP contribution in [0, 0.1) is 11.6 Å². The molecule has 0 aliphatic carbocycles. The number of benzene rings is 3. The highest BCUT2D eigenvalue weighted by Gasteiger charge is 2.37. The predicted octanol–water partition coefficient (Wildman–Crippen LogP) is 4.14. The second-order valence-corrected chi connectivity index (χ2v) is 10.1. The molecule has 1 aliphatic rings. The Kier molecular flexibility index (Phi) is 7.65. The van der Waals surface area contributed by atoms with Crippen LogP contribution < -0.4 is 23.8 Å². The summed E-state index contributed by atoms with van der Waals surface area (Å²) < 4.78 is 75.0. The average Bonchev–Trinajstić information content (AvgIpc) is 3.40. The Morgan fingerprint density at radius 3 is 2.19 bits per heavy atom. The summed E-state index contributed by atoms with van der Waals surface area (Å²) in [4.78, 5) is -0.0130. The fourth-order valence-corrected chi connectivity index (χ4v) is 6.19. The number of hydrogen-bond donors (Lipinski definition) is 1. The zero-order chi connectivity index (χ0) is 25.9. The highest BCUT2D eigenvalue weighted by atomic mass is 32.2. The first-order valence-corrected chi connectivity index (χ1v) is 12.8. The van der Waals surface area contributed by atoms with Crippen LogP contribution in [0.15, 0.2) is 59.5 Å². The van der Waals surface area contributed by atoms with Crippen molar-refractivity contribution >= 4 is 15.7 Å². The molecule has 3 aromatic rings. The monoisotopic (exact) mass is 518 g/mol. The van der Waals surface area contributed by atoms with Crippen molar-refractivity contribution in [3.8, 4) is 17.2 Å². The van der Waals surface area contributed by atoms with E-state index in [2.05, 4.69) is 5.32 Å². The normalized spacial score (nSPS) is 15.5. The van der Waals surface area contributed by atoms with E-state index in [0.29, 0.717) is 30.8 Å². The van der Waals surface area contributed by atoms with Gasteiger partial charge in [0.05, 0.1) is 38.0 Å². The van der Waals surface area contributed by atoms with Gasteiger partial charge in [-0.15, -0.1) is 0 Å². The summed E-state index contributed by atoms with van der Waals surface area (Å²) >= 11 is 0. The number of methoxy groups -OCH3 is 3. The molecule has 0 radical (unpaired) electrons. The van der Waals surface area contributed by atoms with Gasteiger partial charge >= 0.3 is 0 Å². The van der Waals surface area contributed by atoms with Crippen molar-refractivity contribution in [3.63, 3.8) is 0 Å². The van der Waals surface area contributed by atoms with Gasteiger partial charge in [-0.2, -0.15) is 0 Å². The summed E-state index contributed by atoms with van der Waals surface area (Å²) in [5, 5.41) is 3.20. The van der Waals surface area contributed by atoms with Crippen LogP contribution in [-0.2, 0) is 16.4 Å². The number of sulfonamides is 1. The number of para-hydroxylation sites is 1. The number of nitrogens with one attached hydrogen (secondary N) is 1. The molecule has 192 valence electrons. The lowest BCUT2D eigenvalue weighted by atomic mass is 10.0. The standard InChI is InChI=1S/C26H28F2N2O5S/c1-33-23-11-10-19(15-25(23)35-3)36(31,32)30(18-12-13-29-16-18)26-17(6-4-9-24(26)34-2)14-20-21(27)7-5-8-22(20)28/h4-11,15,18,29H,12-14,16H2,1-3H3. The molecule has 4 rings (SSSR count). The van der Waals surface area contributed by atoms with E-state index in [9.17, 15) is 17.2 Å². The molecule has 1 atom stereocenters. The molecule has 1 saturated heterocycles. The van der Waals surface area contributed by atoms with E-state index < -0.39 is 27.7 Å². The minimum absolute atomic E-state index is 0.0130. The van der Waals surface area contributed by atoms with Gasteiger partial charge in [-0.1, -0.05) is 18.2 Å². The van der Waals surface area contributed by atoms with Crippen molar-refractivity contribution in [1.82, 2.24) is 5.32 Å². The van der Waals surface area contributed by atoms with Crippen LogP contribution >= 0.6 is 0 Å². The van der Waals surface area contributed by atoms with Crippen molar-refractivity contribution in [2.45, 2.75) is 23.8 Å². The Balaban J connectivity index is 1.92. The van der Waals surface area contributed by atoms with Gasteiger partial charge in [0.2, 0.25) is 0 Å². The molecule has 0 saturated carbocycles. The molecule has 0 spiro atoms. The van der Waals surface area contributed by atoms with E-state index >= 15 is 0 Å². The van der Waals surface area contributed by atoms with E-state index in [-0.39, 0.29) is 34.1 Å². The second-order valence-electron chi connectivity index (χ2n) is 8.31. The zero-order valence-electron chi connectivity index (χ0n) is 20.3. The summed E-state index contributed by atoms with van der Waals surface area (Å²) in [7, 11) is 0.147. The fourth-order valence-electron chi connectivity index (χ4n) is 4.45. The van der Waals surface area contributed by atoms with Crippen LogP contribution in [0.25, 0.3) is 0 Å². The minimum Gasteiger partial charge on any atom is -0.495 e. The zero-order valence-corrected chi connectivity index (χ0v) is 21.1. The van der Waals surface area contributed by atoms with Crippen molar-refractivity contribution in [2.24, 2.45) is 0 Å². The summed E-state index contributed by atoms with van der Waals surface area (Å²) in [5.41, 5.74) is 0.500. The number of ether oxygens (including phenoxy) is 3. The third kappa shape index (κ3) is 4.83. The third-order valence-corrected chi connectivity index (χ3v) is 8.08. The molecule has 1 unspecified atom stereocenters. The lowest BCUT2D eigenvalue weighted by Crippen LogP contribution is -2.42. The lowest BCUT2D eigenvalue weighted by Gasteiger charge is -2.33. The van der Waals surface area contributed by atoms with E-state index in [1.54, 1.807) is 18.2 Å². The molecule has 0 bridgehead atoms. The molecule has 7 nitrogen and oxygen atoms in total. The summed E-state index contributed by atoms with van der Waals surface area (Å²) in [6.07, 6.45) is 0.376. The van der Waals surface area contributed by atoms with E-state index in [1.807, 2.05) is 0 Å². The number of nitrogens with zero attached hydrogens (tertiary/aromatic N) is 1. The largest absolute Gasteiger partial charge is 0.495 e. The van der Waals surface area contributed by atoms with Gasteiger partial charge in [-0.25, -0.2) is 17.2 Å². The maximum absolute atomic E-state index is 14.6. The number of halogens is 2. The van der Waals surface area contributed by atoms with Crippen LogP contribution in [0.2, 0.25) is 0 Å². The van der Waals surface area contributed by atoms with Gasteiger partial charge in [0.15, 0.2) is 11.5 Å². The van der Waals surface area contributed by atoms with Crippen molar-refractivity contribution in [2.75, 3.05) is 38.7 Å². The molecular formula is C26H28F2N2O5S. The van der Waals surface area contributed by atoms with Gasteiger partial charge in [-0.05, 0) is 48.9 Å². The Hall–Kier alpha value is -3.37. The van der Waals surface area contributed by atoms with Gasteiger partial charge in [0.25, 0.3) is 10.0 Å². The molecule has 1 fully saturated rings. The van der Waals surface area contributed by atoms with Gasteiger partial charge < -0.3 is 19.5 Å².